The molecule has 2 aromatic rings. The first-order chi connectivity index (χ1) is 13.8. The van der Waals surface area contributed by atoms with E-state index in [4.69, 9.17) is 4.98 Å². The Bertz CT molecular complexity index is 945. The Kier molecular flexibility index (Phi) is 5.83. The minimum Gasteiger partial charge on any atom is -0.343 e. The first-order valence-corrected chi connectivity index (χ1v) is 12.0. The van der Waals surface area contributed by atoms with Gasteiger partial charge in [-0.1, -0.05) is 33.6 Å². The van der Waals surface area contributed by atoms with Crippen molar-refractivity contribution in [3.8, 4) is 0 Å². The van der Waals surface area contributed by atoms with Gasteiger partial charge in [-0.05, 0) is 49.0 Å². The molecule has 0 saturated carbocycles. The molecule has 0 spiro atoms. The number of rotatable bonds is 3. The number of thiophene rings is 1. The number of likely N-dealkylation sites (tertiary alicyclic amines) is 1. The van der Waals surface area contributed by atoms with Crippen molar-refractivity contribution in [3.05, 3.63) is 26.6 Å². The molecule has 5 nitrogen and oxygen atoms in total. The van der Waals surface area contributed by atoms with Crippen LogP contribution >= 0.6 is 11.3 Å². The Morgan fingerprint density at radius 3 is 2.62 bits per heavy atom. The topological polar surface area (TPSA) is 66.1 Å². The zero-order valence-electron chi connectivity index (χ0n) is 18.0. The summed E-state index contributed by atoms with van der Waals surface area (Å²) < 4.78 is 0. The molecule has 4 rings (SSSR count). The van der Waals surface area contributed by atoms with Crippen molar-refractivity contribution in [2.45, 2.75) is 78.6 Å². The Hall–Kier alpha value is -1.69. The Labute approximate surface area is 176 Å². The molecular formula is C23H33N3O2S. The minimum atomic E-state index is -0.0288. The number of aromatic amines is 1. The number of nitrogens with one attached hydrogen (secondary N) is 1. The van der Waals surface area contributed by atoms with Gasteiger partial charge in [-0.25, -0.2) is 4.98 Å². The van der Waals surface area contributed by atoms with Crippen molar-refractivity contribution >= 4 is 27.5 Å². The third kappa shape index (κ3) is 4.42. The maximum absolute atomic E-state index is 12.8. The van der Waals surface area contributed by atoms with Crippen LogP contribution in [0.5, 0.6) is 0 Å². The smallest absolute Gasteiger partial charge is 0.259 e. The molecule has 2 aliphatic rings. The van der Waals surface area contributed by atoms with Gasteiger partial charge < -0.3 is 9.88 Å². The van der Waals surface area contributed by atoms with Crippen molar-refractivity contribution < 1.29 is 4.79 Å². The fourth-order valence-corrected chi connectivity index (χ4v) is 6.11. The Morgan fingerprint density at radius 2 is 1.93 bits per heavy atom. The molecule has 1 amide bonds. The second-order valence-electron chi connectivity index (χ2n) is 9.80. The summed E-state index contributed by atoms with van der Waals surface area (Å²) in [4.78, 5) is 37.3. The lowest BCUT2D eigenvalue weighted by Crippen LogP contribution is -2.32. The molecule has 158 valence electrons. The summed E-state index contributed by atoms with van der Waals surface area (Å²) >= 11 is 1.69. The van der Waals surface area contributed by atoms with E-state index in [-0.39, 0.29) is 16.9 Å². The average Bonchev–Trinajstić information content (AvgIpc) is 2.84. The molecule has 1 saturated heterocycles. The highest BCUT2D eigenvalue weighted by Crippen LogP contribution is 2.41. The predicted octanol–water partition coefficient (Wildman–Crippen LogP) is 4.47. The van der Waals surface area contributed by atoms with Crippen molar-refractivity contribution in [2.75, 3.05) is 13.1 Å². The quantitative estimate of drug-likeness (QED) is 0.804. The summed E-state index contributed by atoms with van der Waals surface area (Å²) in [6, 6.07) is 0. The van der Waals surface area contributed by atoms with Crippen LogP contribution in [0.25, 0.3) is 10.2 Å². The third-order valence-corrected chi connectivity index (χ3v) is 7.88. The molecule has 6 heteroatoms. The van der Waals surface area contributed by atoms with E-state index in [1.807, 2.05) is 4.90 Å². The summed E-state index contributed by atoms with van der Waals surface area (Å²) in [6.45, 7) is 8.66. The van der Waals surface area contributed by atoms with Gasteiger partial charge in [0.1, 0.15) is 10.7 Å². The van der Waals surface area contributed by atoms with E-state index >= 15 is 0 Å². The lowest BCUT2D eigenvalue weighted by Gasteiger charge is -2.33. The zero-order chi connectivity index (χ0) is 20.6. The molecule has 1 unspecified atom stereocenters. The van der Waals surface area contributed by atoms with Crippen LogP contribution in [0.1, 0.15) is 75.6 Å². The molecule has 29 heavy (non-hydrogen) atoms. The SMILES string of the molecule is CC(C)(C)C1CCc2c(sc3nc(CCC(=O)N4CCCCCC4)[nH]c(=O)c23)C1. The molecule has 2 aromatic heterocycles. The van der Waals surface area contributed by atoms with E-state index in [1.165, 1.54) is 23.3 Å². The monoisotopic (exact) mass is 415 g/mol. The van der Waals surface area contributed by atoms with E-state index in [9.17, 15) is 9.59 Å². The van der Waals surface area contributed by atoms with Crippen LogP contribution in [-0.2, 0) is 24.1 Å². The van der Waals surface area contributed by atoms with Crippen LogP contribution in [0.3, 0.4) is 0 Å². The van der Waals surface area contributed by atoms with Crippen LogP contribution < -0.4 is 5.56 Å². The average molecular weight is 416 g/mol. The highest BCUT2D eigenvalue weighted by Gasteiger charge is 2.31. The number of hydrogen-bond acceptors (Lipinski definition) is 4. The molecule has 1 N–H and O–H groups in total. The van der Waals surface area contributed by atoms with Gasteiger partial charge in [0, 0.05) is 30.8 Å². The molecule has 1 aliphatic heterocycles. The number of aromatic nitrogens is 2. The van der Waals surface area contributed by atoms with E-state index < -0.39 is 0 Å². The fourth-order valence-electron chi connectivity index (χ4n) is 4.79. The molecule has 1 aliphatic carbocycles. The van der Waals surface area contributed by atoms with Gasteiger partial charge in [0.2, 0.25) is 5.91 Å². The standard InChI is InChI=1S/C23H33N3O2S/c1-23(2,3)15-8-9-16-17(14-15)29-22-20(16)21(28)24-18(25-22)10-11-19(27)26-12-6-4-5-7-13-26/h15H,4-14H2,1-3H3,(H,24,25,28). The zero-order valence-corrected chi connectivity index (χ0v) is 18.8. The van der Waals surface area contributed by atoms with Gasteiger partial charge in [-0.15, -0.1) is 11.3 Å². The number of nitrogens with zero attached hydrogens (tertiary/aromatic N) is 2. The molecule has 3 heterocycles. The van der Waals surface area contributed by atoms with E-state index in [2.05, 4.69) is 25.8 Å². The van der Waals surface area contributed by atoms with Crippen LogP contribution in [-0.4, -0.2) is 33.9 Å². The Morgan fingerprint density at radius 1 is 1.21 bits per heavy atom. The van der Waals surface area contributed by atoms with Crippen molar-refractivity contribution in [3.63, 3.8) is 0 Å². The number of hydrogen-bond donors (Lipinski definition) is 1. The van der Waals surface area contributed by atoms with E-state index in [0.717, 1.165) is 55.4 Å². The van der Waals surface area contributed by atoms with Gasteiger partial charge in [0.25, 0.3) is 5.56 Å². The van der Waals surface area contributed by atoms with Crippen molar-refractivity contribution in [1.29, 1.82) is 0 Å². The molecule has 1 atom stereocenters. The van der Waals surface area contributed by atoms with Crippen LogP contribution in [0.15, 0.2) is 4.79 Å². The van der Waals surface area contributed by atoms with E-state index in [0.29, 0.717) is 24.6 Å². The summed E-state index contributed by atoms with van der Waals surface area (Å²) in [5.74, 6) is 1.48. The van der Waals surface area contributed by atoms with E-state index in [1.54, 1.807) is 11.3 Å². The fraction of sp³-hybridized carbons (Fsp3) is 0.696. The maximum atomic E-state index is 12.8. The summed E-state index contributed by atoms with van der Waals surface area (Å²) in [5, 5.41) is 0.792. The predicted molar refractivity (Wildman–Crippen MR) is 119 cm³/mol. The summed E-state index contributed by atoms with van der Waals surface area (Å²) in [5.41, 5.74) is 1.47. The first-order valence-electron chi connectivity index (χ1n) is 11.1. The lowest BCUT2D eigenvalue weighted by atomic mass is 9.72. The normalized spacial score (nSPS) is 20.5. The number of H-pyrrole nitrogens is 1. The van der Waals surface area contributed by atoms with Crippen LogP contribution in [0.2, 0.25) is 0 Å². The van der Waals surface area contributed by atoms with Gasteiger partial charge in [-0.3, -0.25) is 9.59 Å². The summed E-state index contributed by atoms with van der Waals surface area (Å²) in [7, 11) is 0. The first kappa shape index (κ1) is 20.6. The molecule has 0 aromatic carbocycles. The minimum absolute atomic E-state index is 0.0288. The molecule has 1 fully saturated rings. The van der Waals surface area contributed by atoms with Gasteiger partial charge in [0.05, 0.1) is 5.39 Å². The maximum Gasteiger partial charge on any atom is 0.259 e. The van der Waals surface area contributed by atoms with Gasteiger partial charge >= 0.3 is 0 Å². The Balaban J connectivity index is 1.51. The second kappa shape index (κ2) is 8.21. The highest BCUT2D eigenvalue weighted by atomic mass is 32.1. The highest BCUT2D eigenvalue weighted by molar-refractivity contribution is 7.18. The number of amides is 1. The van der Waals surface area contributed by atoms with Gasteiger partial charge in [-0.2, -0.15) is 0 Å². The number of fused-ring (bicyclic) bond motifs is 3. The number of aryl methyl sites for hydroxylation is 2. The van der Waals surface area contributed by atoms with Crippen molar-refractivity contribution in [2.24, 2.45) is 11.3 Å². The largest absolute Gasteiger partial charge is 0.343 e. The molecular weight excluding hydrogens is 382 g/mol. The third-order valence-electron chi connectivity index (χ3n) is 6.73. The lowest BCUT2D eigenvalue weighted by molar-refractivity contribution is -0.131. The van der Waals surface area contributed by atoms with Crippen molar-refractivity contribution in [1.82, 2.24) is 14.9 Å². The van der Waals surface area contributed by atoms with Gasteiger partial charge in [0.15, 0.2) is 0 Å². The summed E-state index contributed by atoms with van der Waals surface area (Å²) in [6.07, 6.45) is 8.71. The second-order valence-corrected chi connectivity index (χ2v) is 10.9. The van der Waals surface area contributed by atoms with Crippen LogP contribution in [0, 0.1) is 11.3 Å². The van der Waals surface area contributed by atoms with Crippen LogP contribution in [0.4, 0.5) is 0 Å². The number of carbonyl (C=O) groups excluding carboxylic acids is 1. The number of carbonyl (C=O) groups is 1. The molecule has 0 bridgehead atoms. The molecule has 0 radical (unpaired) electrons.